The molecular formula is C15H16Cl2N2O4S2. The Bertz CT molecular complexity index is 1040. The topological polar surface area (TPSA) is 120 Å². The van der Waals surface area contributed by atoms with E-state index in [-0.39, 0.29) is 31.0 Å². The van der Waals surface area contributed by atoms with E-state index in [0.29, 0.717) is 18.4 Å². The second-order valence-corrected chi connectivity index (χ2v) is 9.25. The Morgan fingerprint density at radius 3 is 2.04 bits per heavy atom. The lowest BCUT2D eigenvalue weighted by Gasteiger charge is -2.16. The van der Waals surface area contributed by atoms with Crippen LogP contribution in [0.15, 0.2) is 40.1 Å². The van der Waals surface area contributed by atoms with Crippen LogP contribution in [0.25, 0.3) is 11.1 Å². The highest BCUT2D eigenvalue weighted by Crippen LogP contribution is 2.37. The van der Waals surface area contributed by atoms with Gasteiger partial charge in [0.25, 0.3) is 0 Å². The van der Waals surface area contributed by atoms with Gasteiger partial charge in [-0.1, -0.05) is 48.7 Å². The molecule has 0 saturated carbocycles. The summed E-state index contributed by atoms with van der Waals surface area (Å²) in [4.78, 5) is -0.510. The van der Waals surface area contributed by atoms with Crippen molar-refractivity contribution < 1.29 is 16.8 Å². The molecule has 0 amide bonds. The number of benzene rings is 2. The molecule has 0 unspecified atom stereocenters. The molecule has 2 aromatic rings. The second-order valence-electron chi connectivity index (χ2n) is 5.38. The first-order valence-electron chi connectivity index (χ1n) is 7.13. The molecule has 0 radical (unpaired) electrons. The number of rotatable bonds is 5. The molecule has 4 N–H and O–H groups in total. The molecule has 0 heterocycles. The van der Waals surface area contributed by atoms with Gasteiger partial charge in [0.2, 0.25) is 20.0 Å². The molecule has 10 heteroatoms. The predicted molar refractivity (Wildman–Crippen MR) is 98.6 cm³/mol. The molecule has 0 aliphatic rings. The lowest BCUT2D eigenvalue weighted by Crippen LogP contribution is -2.18. The molecule has 0 aliphatic carbocycles. The van der Waals surface area contributed by atoms with Gasteiger partial charge in [-0.3, -0.25) is 0 Å². The Labute approximate surface area is 156 Å². The van der Waals surface area contributed by atoms with E-state index in [2.05, 4.69) is 0 Å². The predicted octanol–water partition coefficient (Wildman–Crippen LogP) is 2.91. The first kappa shape index (κ1) is 20.2. The Kier molecular flexibility index (Phi) is 5.82. The maximum atomic E-state index is 12.2. The summed E-state index contributed by atoms with van der Waals surface area (Å²) in [7, 11) is -8.34. The lowest BCUT2D eigenvalue weighted by atomic mass is 10.0. The number of hydrogen-bond donors (Lipinski definition) is 2. The molecule has 2 aromatic carbocycles. The number of hydrogen-bond acceptors (Lipinski definition) is 4. The standard InChI is InChI=1S/C15H16Cl2N2O4S2/c1-2-3-12-13(17)7-6-11(15(12)25(19,22)23)10-5-4-9(16)8-14(10)24(18,20)21/h4-8H,2-3H2,1H3,(H2,18,20,21)(H2,19,22,23). The summed E-state index contributed by atoms with van der Waals surface area (Å²) in [5.74, 6) is 0. The molecule has 0 saturated heterocycles. The van der Waals surface area contributed by atoms with Crippen molar-refractivity contribution in [1.29, 1.82) is 0 Å². The maximum Gasteiger partial charge on any atom is 0.238 e. The Morgan fingerprint density at radius 1 is 0.920 bits per heavy atom. The van der Waals surface area contributed by atoms with Gasteiger partial charge in [0, 0.05) is 21.2 Å². The van der Waals surface area contributed by atoms with Crippen molar-refractivity contribution in [2.24, 2.45) is 10.3 Å². The average molecular weight is 423 g/mol. The zero-order valence-corrected chi connectivity index (χ0v) is 16.3. The molecule has 25 heavy (non-hydrogen) atoms. The van der Waals surface area contributed by atoms with Gasteiger partial charge in [0.15, 0.2) is 0 Å². The smallest absolute Gasteiger partial charge is 0.225 e. The zero-order chi connectivity index (χ0) is 19.0. The zero-order valence-electron chi connectivity index (χ0n) is 13.2. The van der Waals surface area contributed by atoms with Crippen LogP contribution in [0, 0.1) is 0 Å². The van der Waals surface area contributed by atoms with Crippen molar-refractivity contribution in [2.75, 3.05) is 0 Å². The number of sulfonamides is 2. The monoisotopic (exact) mass is 422 g/mol. The minimum absolute atomic E-state index is 0.0879. The summed E-state index contributed by atoms with van der Waals surface area (Å²) < 4.78 is 48.3. The van der Waals surface area contributed by atoms with Crippen LogP contribution in [0.2, 0.25) is 10.0 Å². The SMILES string of the molecule is CCCc1c(Cl)ccc(-c2ccc(Cl)cc2S(N)(=O)=O)c1S(N)(=O)=O. The highest BCUT2D eigenvalue weighted by atomic mass is 35.5. The minimum Gasteiger partial charge on any atom is -0.225 e. The van der Waals surface area contributed by atoms with Gasteiger partial charge in [-0.15, -0.1) is 0 Å². The number of halogens is 2. The minimum atomic E-state index is -4.18. The van der Waals surface area contributed by atoms with E-state index >= 15 is 0 Å². The van der Waals surface area contributed by atoms with Crippen LogP contribution in [0.5, 0.6) is 0 Å². The van der Waals surface area contributed by atoms with Crippen LogP contribution >= 0.6 is 23.2 Å². The fraction of sp³-hybridized carbons (Fsp3) is 0.200. The second kappa shape index (κ2) is 7.22. The number of nitrogens with two attached hydrogens (primary N) is 2. The van der Waals surface area contributed by atoms with Gasteiger partial charge >= 0.3 is 0 Å². The van der Waals surface area contributed by atoms with E-state index in [9.17, 15) is 16.8 Å². The molecule has 0 atom stereocenters. The van der Waals surface area contributed by atoms with Crippen LogP contribution in [0.4, 0.5) is 0 Å². The van der Waals surface area contributed by atoms with Gasteiger partial charge in [0.1, 0.15) is 0 Å². The average Bonchev–Trinajstić information content (AvgIpc) is 2.47. The Morgan fingerprint density at radius 2 is 1.52 bits per heavy atom. The molecule has 0 spiro atoms. The molecule has 0 aromatic heterocycles. The molecule has 6 nitrogen and oxygen atoms in total. The van der Waals surface area contributed by atoms with Gasteiger partial charge in [-0.2, -0.15) is 0 Å². The molecule has 2 rings (SSSR count). The van der Waals surface area contributed by atoms with Gasteiger partial charge in [-0.05, 0) is 30.2 Å². The highest BCUT2D eigenvalue weighted by molar-refractivity contribution is 7.89. The van der Waals surface area contributed by atoms with Crippen molar-refractivity contribution in [3.05, 3.63) is 45.9 Å². The third-order valence-electron chi connectivity index (χ3n) is 3.53. The summed E-state index contributed by atoms with van der Waals surface area (Å²) in [6, 6.07) is 6.88. The first-order chi connectivity index (χ1) is 11.5. The Hall–Kier alpha value is -1.16. The fourth-order valence-electron chi connectivity index (χ4n) is 2.58. The quantitative estimate of drug-likeness (QED) is 0.768. The molecular weight excluding hydrogens is 407 g/mol. The van der Waals surface area contributed by atoms with Crippen LogP contribution in [-0.4, -0.2) is 16.8 Å². The van der Waals surface area contributed by atoms with E-state index in [4.69, 9.17) is 33.5 Å². The third-order valence-corrected chi connectivity index (χ3v) is 6.10. The van der Waals surface area contributed by atoms with E-state index in [0.717, 1.165) is 6.07 Å². The lowest BCUT2D eigenvalue weighted by molar-refractivity contribution is 0.594. The molecule has 136 valence electrons. The van der Waals surface area contributed by atoms with Crippen molar-refractivity contribution in [3.8, 4) is 11.1 Å². The van der Waals surface area contributed by atoms with Crippen LogP contribution in [-0.2, 0) is 26.5 Å². The van der Waals surface area contributed by atoms with E-state index in [1.54, 1.807) is 0 Å². The van der Waals surface area contributed by atoms with Crippen molar-refractivity contribution >= 4 is 43.2 Å². The highest BCUT2D eigenvalue weighted by Gasteiger charge is 2.25. The maximum absolute atomic E-state index is 12.2. The van der Waals surface area contributed by atoms with Gasteiger partial charge in [0.05, 0.1) is 9.79 Å². The largest absolute Gasteiger partial charge is 0.238 e. The molecule has 0 fully saturated rings. The van der Waals surface area contributed by atoms with E-state index in [1.807, 2.05) is 6.92 Å². The summed E-state index contributed by atoms with van der Waals surface area (Å²) in [6.07, 6.45) is 0.977. The van der Waals surface area contributed by atoms with E-state index < -0.39 is 20.0 Å². The normalized spacial score (nSPS) is 12.4. The van der Waals surface area contributed by atoms with Crippen molar-refractivity contribution in [2.45, 2.75) is 29.6 Å². The van der Waals surface area contributed by atoms with Crippen LogP contribution < -0.4 is 10.3 Å². The van der Waals surface area contributed by atoms with Gasteiger partial charge in [-0.25, -0.2) is 27.1 Å². The fourth-order valence-corrected chi connectivity index (χ4v) is 4.94. The molecule has 0 aliphatic heterocycles. The summed E-state index contributed by atoms with van der Waals surface area (Å²) in [6.45, 7) is 1.86. The van der Waals surface area contributed by atoms with E-state index in [1.165, 1.54) is 24.3 Å². The van der Waals surface area contributed by atoms with Crippen molar-refractivity contribution in [1.82, 2.24) is 0 Å². The number of primary sulfonamides is 2. The summed E-state index contributed by atoms with van der Waals surface area (Å²) in [5.41, 5.74) is 0.528. The first-order valence-corrected chi connectivity index (χ1v) is 11.0. The summed E-state index contributed by atoms with van der Waals surface area (Å²) >= 11 is 12.0. The molecule has 0 bridgehead atoms. The Balaban J connectivity index is 2.98. The summed E-state index contributed by atoms with van der Waals surface area (Å²) in [5, 5.41) is 11.0. The third kappa shape index (κ3) is 4.33. The van der Waals surface area contributed by atoms with Gasteiger partial charge < -0.3 is 0 Å². The van der Waals surface area contributed by atoms with Crippen molar-refractivity contribution in [3.63, 3.8) is 0 Å². The van der Waals surface area contributed by atoms with Crippen LogP contribution in [0.3, 0.4) is 0 Å². The van der Waals surface area contributed by atoms with Crippen LogP contribution in [0.1, 0.15) is 18.9 Å².